The van der Waals surface area contributed by atoms with Gasteiger partial charge in [-0.05, 0) is 25.7 Å². The van der Waals surface area contributed by atoms with E-state index in [1.54, 1.807) is 0 Å². The van der Waals surface area contributed by atoms with E-state index < -0.39 is 0 Å². The molecule has 0 spiro atoms. The fraction of sp³-hybridized carbons (Fsp3) is 0.933. The van der Waals surface area contributed by atoms with Gasteiger partial charge in [0.15, 0.2) is 6.10 Å². The van der Waals surface area contributed by atoms with Gasteiger partial charge in [0, 0.05) is 19.6 Å². The van der Waals surface area contributed by atoms with E-state index in [1.807, 2.05) is 0 Å². The van der Waals surface area contributed by atoms with Crippen molar-refractivity contribution in [2.45, 2.75) is 71.0 Å². The molecule has 1 rings (SSSR count). The molecule has 0 N–H and O–H groups in total. The molecule has 2 atom stereocenters. The second-order valence-electron chi connectivity index (χ2n) is 5.11. The molecular weight excluding hydrogens is 244 g/mol. The van der Waals surface area contributed by atoms with Crippen LogP contribution in [0.4, 0.5) is 0 Å². The van der Waals surface area contributed by atoms with E-state index in [0.29, 0.717) is 13.0 Å². The zero-order valence-electron chi connectivity index (χ0n) is 12.4. The maximum absolute atomic E-state index is 11.5. The Hall–Kier alpha value is -0.610. The van der Waals surface area contributed by atoms with Crippen LogP contribution in [-0.2, 0) is 19.0 Å². The maximum atomic E-state index is 11.5. The number of cyclic esters (lactones) is 1. The molecule has 0 aromatic carbocycles. The van der Waals surface area contributed by atoms with Gasteiger partial charge in [0.1, 0.15) is 0 Å². The van der Waals surface area contributed by atoms with E-state index in [2.05, 4.69) is 13.8 Å². The zero-order chi connectivity index (χ0) is 13.9. The van der Waals surface area contributed by atoms with E-state index in [0.717, 1.165) is 51.7 Å². The minimum Gasteiger partial charge on any atom is -0.457 e. The van der Waals surface area contributed by atoms with Gasteiger partial charge < -0.3 is 14.2 Å². The highest BCUT2D eigenvalue weighted by Gasteiger charge is 2.29. The highest BCUT2D eigenvalue weighted by molar-refractivity contribution is 5.69. The van der Waals surface area contributed by atoms with Crippen LogP contribution in [0, 0.1) is 0 Å². The van der Waals surface area contributed by atoms with Gasteiger partial charge in [-0.15, -0.1) is 0 Å². The van der Waals surface area contributed by atoms with Gasteiger partial charge in [-0.25, -0.2) is 0 Å². The number of ether oxygens (including phenoxy) is 3. The Morgan fingerprint density at radius 1 is 1.21 bits per heavy atom. The van der Waals surface area contributed by atoms with Crippen molar-refractivity contribution in [3.8, 4) is 0 Å². The summed E-state index contributed by atoms with van der Waals surface area (Å²) in [4.78, 5) is 11.5. The molecule has 1 fully saturated rings. The van der Waals surface area contributed by atoms with Crippen LogP contribution in [0.2, 0.25) is 0 Å². The van der Waals surface area contributed by atoms with Crippen LogP contribution in [-0.4, -0.2) is 38.0 Å². The molecule has 1 aliphatic heterocycles. The Bertz CT molecular complexity index is 242. The van der Waals surface area contributed by atoms with Crippen LogP contribution in [0.3, 0.4) is 0 Å². The summed E-state index contributed by atoms with van der Waals surface area (Å²) >= 11 is 0. The first-order chi connectivity index (χ1) is 9.27. The normalized spacial score (nSPS) is 24.0. The fourth-order valence-electron chi connectivity index (χ4n) is 2.09. The topological polar surface area (TPSA) is 44.8 Å². The molecule has 1 saturated heterocycles. The van der Waals surface area contributed by atoms with Crippen molar-refractivity contribution in [3.63, 3.8) is 0 Å². The summed E-state index contributed by atoms with van der Waals surface area (Å²) in [6, 6.07) is 0. The van der Waals surface area contributed by atoms with Gasteiger partial charge in [0.2, 0.25) is 0 Å². The molecular formula is C15H28O4. The number of esters is 1. The smallest absolute Gasteiger partial charge is 0.306 e. The Labute approximate surface area is 116 Å². The summed E-state index contributed by atoms with van der Waals surface area (Å²) in [7, 11) is 0. The van der Waals surface area contributed by atoms with Crippen LogP contribution in [0.5, 0.6) is 0 Å². The van der Waals surface area contributed by atoms with E-state index in [1.165, 1.54) is 0 Å². The lowest BCUT2D eigenvalue weighted by molar-refractivity contribution is -0.159. The Morgan fingerprint density at radius 3 is 2.68 bits per heavy atom. The molecule has 1 aliphatic rings. The van der Waals surface area contributed by atoms with E-state index in [9.17, 15) is 4.79 Å². The van der Waals surface area contributed by atoms with E-state index in [-0.39, 0.29) is 18.2 Å². The number of rotatable bonds is 9. The van der Waals surface area contributed by atoms with Crippen molar-refractivity contribution in [2.75, 3.05) is 19.8 Å². The quantitative estimate of drug-likeness (QED) is 0.478. The van der Waals surface area contributed by atoms with Gasteiger partial charge in [0.25, 0.3) is 0 Å². The molecule has 4 nitrogen and oxygen atoms in total. The first kappa shape index (κ1) is 16.4. The molecule has 0 aromatic heterocycles. The van der Waals surface area contributed by atoms with Gasteiger partial charge in [0.05, 0.1) is 12.7 Å². The summed E-state index contributed by atoms with van der Waals surface area (Å²) < 4.78 is 16.9. The monoisotopic (exact) mass is 272 g/mol. The third kappa shape index (κ3) is 6.92. The average molecular weight is 272 g/mol. The van der Waals surface area contributed by atoms with Crippen molar-refractivity contribution in [1.82, 2.24) is 0 Å². The van der Waals surface area contributed by atoms with Crippen molar-refractivity contribution in [1.29, 1.82) is 0 Å². The second kappa shape index (κ2) is 10.2. The molecule has 0 amide bonds. The number of carbonyl (C=O) groups excluding carboxylic acids is 1. The van der Waals surface area contributed by atoms with Crippen LogP contribution in [0.15, 0.2) is 0 Å². The van der Waals surface area contributed by atoms with Gasteiger partial charge in [-0.3, -0.25) is 4.79 Å². The first-order valence-corrected chi connectivity index (χ1v) is 7.66. The second-order valence-corrected chi connectivity index (χ2v) is 5.11. The SMILES string of the molecule is CCCCOC[C@H]1OC(=O)CCC[C@@H]1OCCCC. The lowest BCUT2D eigenvalue weighted by Gasteiger charge is -2.24. The molecule has 0 saturated carbocycles. The van der Waals surface area contributed by atoms with Gasteiger partial charge in [-0.2, -0.15) is 0 Å². The van der Waals surface area contributed by atoms with Crippen molar-refractivity contribution < 1.29 is 19.0 Å². The molecule has 0 bridgehead atoms. The molecule has 4 heteroatoms. The average Bonchev–Trinajstić information content (AvgIpc) is 2.57. The molecule has 0 unspecified atom stereocenters. The zero-order valence-corrected chi connectivity index (χ0v) is 12.4. The van der Waals surface area contributed by atoms with Gasteiger partial charge >= 0.3 is 5.97 Å². The predicted octanol–water partition coefficient (Wildman–Crippen LogP) is 3.08. The molecule has 1 heterocycles. The molecule has 0 aliphatic carbocycles. The predicted molar refractivity (Wildman–Crippen MR) is 74.1 cm³/mol. The van der Waals surface area contributed by atoms with Crippen LogP contribution < -0.4 is 0 Å². The van der Waals surface area contributed by atoms with Crippen molar-refractivity contribution in [2.24, 2.45) is 0 Å². The Balaban J connectivity index is 2.39. The number of unbranched alkanes of at least 4 members (excludes halogenated alkanes) is 2. The number of hydrogen-bond acceptors (Lipinski definition) is 4. The van der Waals surface area contributed by atoms with E-state index >= 15 is 0 Å². The minimum atomic E-state index is -0.233. The summed E-state index contributed by atoms with van der Waals surface area (Å²) in [6.07, 6.45) is 6.32. The van der Waals surface area contributed by atoms with Crippen LogP contribution >= 0.6 is 0 Å². The molecule has 0 radical (unpaired) electrons. The lowest BCUT2D eigenvalue weighted by Crippen LogP contribution is -2.36. The largest absolute Gasteiger partial charge is 0.457 e. The summed E-state index contributed by atoms with van der Waals surface area (Å²) in [5, 5.41) is 0. The minimum absolute atomic E-state index is 0.000346. The summed E-state index contributed by atoms with van der Waals surface area (Å²) in [5.41, 5.74) is 0. The van der Waals surface area contributed by atoms with Crippen molar-refractivity contribution >= 4 is 5.97 Å². The third-order valence-corrected chi connectivity index (χ3v) is 3.32. The molecule has 19 heavy (non-hydrogen) atoms. The Kier molecular flexibility index (Phi) is 8.84. The van der Waals surface area contributed by atoms with E-state index in [4.69, 9.17) is 14.2 Å². The highest BCUT2D eigenvalue weighted by atomic mass is 16.6. The van der Waals surface area contributed by atoms with Crippen molar-refractivity contribution in [3.05, 3.63) is 0 Å². The third-order valence-electron chi connectivity index (χ3n) is 3.32. The van der Waals surface area contributed by atoms with Crippen LogP contribution in [0.1, 0.15) is 58.8 Å². The summed E-state index contributed by atoms with van der Waals surface area (Å²) in [6.45, 7) is 6.20. The standard InChI is InChI=1S/C15H28O4/c1-3-5-10-17-12-14-13(18-11-6-4-2)8-7-9-15(16)19-14/h13-14H,3-12H2,1-2H3/t13-,14+/m0/s1. The lowest BCUT2D eigenvalue weighted by atomic mass is 10.1. The maximum Gasteiger partial charge on any atom is 0.306 e. The number of carbonyl (C=O) groups is 1. The van der Waals surface area contributed by atoms with Crippen LogP contribution in [0.25, 0.3) is 0 Å². The number of hydrogen-bond donors (Lipinski definition) is 0. The fourth-order valence-corrected chi connectivity index (χ4v) is 2.09. The Morgan fingerprint density at radius 2 is 1.95 bits per heavy atom. The summed E-state index contributed by atoms with van der Waals surface area (Å²) in [5.74, 6) is -0.120. The van der Waals surface area contributed by atoms with Gasteiger partial charge in [-0.1, -0.05) is 26.7 Å². The highest BCUT2D eigenvalue weighted by Crippen LogP contribution is 2.19. The first-order valence-electron chi connectivity index (χ1n) is 7.66. The molecule has 0 aromatic rings. The molecule has 112 valence electrons.